The minimum Gasteiger partial charge on any atom is -0.299 e. The number of aromatic nitrogens is 2. The van der Waals surface area contributed by atoms with Crippen molar-refractivity contribution in [1.29, 1.82) is 0 Å². The van der Waals surface area contributed by atoms with Crippen molar-refractivity contribution in [1.82, 2.24) is 9.38 Å². The van der Waals surface area contributed by atoms with Crippen molar-refractivity contribution in [3.05, 3.63) is 31.9 Å². The van der Waals surface area contributed by atoms with E-state index in [0.717, 1.165) is 10.5 Å². The fraction of sp³-hybridized carbons (Fsp3) is 0.222. The van der Waals surface area contributed by atoms with Crippen molar-refractivity contribution in [2.24, 2.45) is 0 Å². The average molecular weight is 423 g/mol. The van der Waals surface area contributed by atoms with Gasteiger partial charge in [-0.25, -0.2) is 9.37 Å². The van der Waals surface area contributed by atoms with E-state index in [1.165, 1.54) is 6.20 Å². The van der Waals surface area contributed by atoms with Gasteiger partial charge in [0.15, 0.2) is 11.5 Å². The second kappa shape index (κ2) is 4.38. The van der Waals surface area contributed by atoms with Crippen LogP contribution < -0.4 is 0 Å². The van der Waals surface area contributed by atoms with Crippen LogP contribution in [0.25, 0.3) is 5.65 Å². The van der Waals surface area contributed by atoms with Crippen LogP contribution in [0.15, 0.2) is 16.7 Å². The summed E-state index contributed by atoms with van der Waals surface area (Å²) in [6.07, 6.45) is -4.12. The Kier molecular flexibility index (Phi) is 3.36. The van der Waals surface area contributed by atoms with Gasteiger partial charge < -0.3 is 0 Å². The normalized spacial score (nSPS) is 12.4. The molecule has 0 saturated carbocycles. The second-order valence-corrected chi connectivity index (χ2v) is 5.28. The molecule has 0 aliphatic heterocycles. The molecule has 0 spiro atoms. The summed E-state index contributed by atoms with van der Waals surface area (Å²) in [6, 6.07) is 1.16. The third-order valence-corrected chi connectivity index (χ3v) is 3.36. The van der Waals surface area contributed by atoms with Gasteiger partial charge in [-0.3, -0.25) is 4.40 Å². The van der Waals surface area contributed by atoms with Gasteiger partial charge in [-0.2, -0.15) is 13.2 Å². The Balaban J connectivity index is 2.66. The summed E-state index contributed by atoms with van der Waals surface area (Å²) < 4.78 is 52.2. The van der Waals surface area contributed by atoms with Gasteiger partial charge in [-0.1, -0.05) is 0 Å². The molecule has 0 bridgehead atoms. The first kappa shape index (κ1) is 13.1. The van der Waals surface area contributed by atoms with Gasteiger partial charge in [-0.05, 0) is 44.6 Å². The summed E-state index contributed by atoms with van der Waals surface area (Å²) in [5, 5.41) is 0. The van der Waals surface area contributed by atoms with Gasteiger partial charge in [0, 0.05) is 10.7 Å². The Labute approximate surface area is 115 Å². The molecule has 0 aliphatic rings. The highest BCUT2D eigenvalue weighted by Gasteiger charge is 2.31. The van der Waals surface area contributed by atoms with Crippen molar-refractivity contribution in [2.75, 3.05) is 0 Å². The van der Waals surface area contributed by atoms with E-state index in [-0.39, 0.29) is 15.0 Å². The Morgan fingerprint density at radius 2 is 2.06 bits per heavy atom. The van der Waals surface area contributed by atoms with Gasteiger partial charge in [-0.15, -0.1) is 0 Å². The predicted octanol–water partition coefficient (Wildman–Crippen LogP) is 3.95. The van der Waals surface area contributed by atoms with E-state index < -0.39 is 18.4 Å². The largest absolute Gasteiger partial charge is 0.394 e. The number of nitrogens with zero attached hydrogens (tertiary/aromatic N) is 2. The lowest BCUT2D eigenvalue weighted by atomic mass is 10.3. The molecule has 2 aromatic rings. The highest BCUT2D eigenvalue weighted by molar-refractivity contribution is 14.1. The molecule has 92 valence electrons. The van der Waals surface area contributed by atoms with Crippen LogP contribution in [0.1, 0.15) is 5.69 Å². The Bertz CT molecular complexity index is 578. The summed E-state index contributed by atoms with van der Waals surface area (Å²) in [5.41, 5.74) is -0.162. The highest BCUT2D eigenvalue weighted by Crippen LogP contribution is 2.27. The van der Waals surface area contributed by atoms with Crippen molar-refractivity contribution < 1.29 is 17.6 Å². The van der Waals surface area contributed by atoms with E-state index in [4.69, 9.17) is 0 Å². The van der Waals surface area contributed by atoms with Crippen LogP contribution in [0, 0.1) is 9.52 Å². The monoisotopic (exact) mass is 422 g/mol. The molecule has 0 atom stereocenters. The Hall–Kier alpha value is -0.380. The lowest BCUT2D eigenvalue weighted by Gasteiger charge is -2.07. The highest BCUT2D eigenvalue weighted by atomic mass is 127. The third kappa shape index (κ3) is 2.72. The van der Waals surface area contributed by atoms with E-state index in [9.17, 15) is 17.6 Å². The summed E-state index contributed by atoms with van der Waals surface area (Å²) in [6.45, 7) is 0. The van der Waals surface area contributed by atoms with E-state index in [1.54, 1.807) is 22.6 Å². The van der Waals surface area contributed by atoms with Crippen LogP contribution in [0.3, 0.4) is 0 Å². The molecule has 8 heteroatoms. The summed E-state index contributed by atoms with van der Waals surface area (Å²) in [7, 11) is 0. The molecule has 2 aromatic heterocycles. The maximum Gasteiger partial charge on any atom is 0.394 e. The van der Waals surface area contributed by atoms with Crippen LogP contribution in [0.5, 0.6) is 0 Å². The van der Waals surface area contributed by atoms with Gasteiger partial charge in [0.1, 0.15) is 3.70 Å². The molecular formula is C9H4BrF4IN2. The quantitative estimate of drug-likeness (QED) is 0.502. The molecule has 0 aromatic carbocycles. The van der Waals surface area contributed by atoms with Crippen molar-refractivity contribution in [3.63, 3.8) is 0 Å². The molecule has 2 heterocycles. The van der Waals surface area contributed by atoms with Crippen molar-refractivity contribution in [3.8, 4) is 0 Å². The van der Waals surface area contributed by atoms with Crippen LogP contribution in [0.4, 0.5) is 17.6 Å². The number of halogens is 6. The smallest absolute Gasteiger partial charge is 0.299 e. The number of alkyl halides is 3. The summed E-state index contributed by atoms with van der Waals surface area (Å²) in [4.78, 5) is 3.79. The van der Waals surface area contributed by atoms with Gasteiger partial charge >= 0.3 is 6.18 Å². The molecule has 0 amide bonds. The van der Waals surface area contributed by atoms with Crippen molar-refractivity contribution in [2.45, 2.75) is 12.6 Å². The summed E-state index contributed by atoms with van der Waals surface area (Å²) in [5.74, 6) is -0.661. The Morgan fingerprint density at radius 1 is 1.41 bits per heavy atom. The molecule has 17 heavy (non-hydrogen) atoms. The number of imidazole rings is 1. The molecule has 0 saturated heterocycles. The second-order valence-electron chi connectivity index (χ2n) is 3.34. The number of hydrogen-bond acceptors (Lipinski definition) is 1. The van der Waals surface area contributed by atoms with Crippen LogP contribution in [0.2, 0.25) is 0 Å². The summed E-state index contributed by atoms with van der Waals surface area (Å²) >= 11 is 4.70. The van der Waals surface area contributed by atoms with Crippen LogP contribution in [-0.2, 0) is 6.42 Å². The van der Waals surface area contributed by atoms with Crippen LogP contribution in [-0.4, -0.2) is 15.6 Å². The van der Waals surface area contributed by atoms with Crippen LogP contribution >= 0.6 is 38.5 Å². The molecular weight excluding hydrogens is 419 g/mol. The van der Waals surface area contributed by atoms with E-state index in [0.29, 0.717) is 4.47 Å². The first-order valence-corrected chi connectivity index (χ1v) is 6.23. The van der Waals surface area contributed by atoms with Gasteiger partial charge in [0.05, 0.1) is 12.1 Å². The molecule has 0 unspecified atom stereocenters. The molecule has 2 rings (SSSR count). The fourth-order valence-corrected chi connectivity index (χ4v) is 2.53. The number of fused-ring (bicyclic) bond motifs is 1. The molecule has 0 aliphatic carbocycles. The maximum absolute atomic E-state index is 13.5. The lowest BCUT2D eigenvalue weighted by molar-refractivity contribution is -0.128. The fourth-order valence-electron chi connectivity index (χ4n) is 1.44. The minimum absolute atomic E-state index is 0.0618. The zero-order chi connectivity index (χ0) is 12.8. The standard InChI is InChI=1S/C9H4BrF4IN2/c10-4-1-5(11)8-16-7(15)6(17(8)3-4)2-9(12,13)14/h1,3H,2H2. The topological polar surface area (TPSA) is 17.3 Å². The maximum atomic E-state index is 13.5. The lowest BCUT2D eigenvalue weighted by Crippen LogP contribution is -2.14. The minimum atomic E-state index is -4.35. The zero-order valence-electron chi connectivity index (χ0n) is 8.02. The number of hydrogen-bond donors (Lipinski definition) is 0. The van der Waals surface area contributed by atoms with E-state index >= 15 is 0 Å². The van der Waals surface area contributed by atoms with E-state index in [1.807, 2.05) is 0 Å². The molecule has 2 nitrogen and oxygen atoms in total. The average Bonchev–Trinajstić information content (AvgIpc) is 2.43. The predicted molar refractivity (Wildman–Crippen MR) is 65.3 cm³/mol. The molecule has 0 N–H and O–H groups in total. The number of rotatable bonds is 1. The Morgan fingerprint density at radius 3 is 2.65 bits per heavy atom. The first-order valence-electron chi connectivity index (χ1n) is 4.36. The molecule has 0 radical (unpaired) electrons. The number of pyridine rings is 1. The van der Waals surface area contributed by atoms with Gasteiger partial charge in [0.25, 0.3) is 0 Å². The van der Waals surface area contributed by atoms with E-state index in [2.05, 4.69) is 20.9 Å². The van der Waals surface area contributed by atoms with Gasteiger partial charge in [0.2, 0.25) is 0 Å². The zero-order valence-corrected chi connectivity index (χ0v) is 11.8. The molecule has 0 fully saturated rings. The first-order chi connectivity index (χ1) is 7.78. The van der Waals surface area contributed by atoms with Crippen molar-refractivity contribution >= 4 is 44.2 Å². The SMILES string of the molecule is Fc1cc(Br)cn2c(CC(F)(F)F)c(I)nc12. The third-order valence-electron chi connectivity index (χ3n) is 2.06.